The zero-order valence-corrected chi connectivity index (χ0v) is 14.6. The Morgan fingerprint density at radius 3 is 2.72 bits per heavy atom. The molecule has 0 spiro atoms. The maximum Gasteiger partial charge on any atom is 0.237 e. The minimum absolute atomic E-state index is 0.239. The number of rotatable bonds is 5. The topological polar surface area (TPSA) is 70.7 Å². The smallest absolute Gasteiger partial charge is 0.237 e. The average molecular weight is 356 g/mol. The van der Waals surface area contributed by atoms with E-state index in [0.717, 1.165) is 5.56 Å². The minimum atomic E-state index is -0.426. The van der Waals surface area contributed by atoms with Gasteiger partial charge in [0.25, 0.3) is 0 Å². The van der Waals surface area contributed by atoms with Crippen LogP contribution in [0.5, 0.6) is 0 Å². The third-order valence-electron chi connectivity index (χ3n) is 3.53. The lowest BCUT2D eigenvalue weighted by Crippen LogP contribution is -2.22. The van der Waals surface area contributed by atoms with E-state index in [0.29, 0.717) is 16.7 Å². The summed E-state index contributed by atoms with van der Waals surface area (Å²) in [5.41, 5.74) is 2.52. The highest BCUT2D eigenvalue weighted by atomic mass is 32.2. The molecule has 0 saturated heterocycles. The second kappa shape index (κ2) is 7.48. The first kappa shape index (κ1) is 17.2. The Bertz CT molecular complexity index is 879. The zero-order valence-electron chi connectivity index (χ0n) is 13.8. The second-order valence-corrected chi connectivity index (χ2v) is 6.90. The molecule has 1 aromatic heterocycles. The maximum atomic E-state index is 13.2. The van der Waals surface area contributed by atoms with Crippen LogP contribution < -0.4 is 5.32 Å². The van der Waals surface area contributed by atoms with Gasteiger partial charge in [0.2, 0.25) is 11.1 Å². The molecule has 1 heterocycles. The second-order valence-electron chi connectivity index (χ2n) is 5.59. The highest BCUT2D eigenvalue weighted by Crippen LogP contribution is 2.24. The summed E-state index contributed by atoms with van der Waals surface area (Å²) in [6.07, 6.45) is 0. The normalized spacial score (nSPS) is 12.0. The number of carbonyl (C=O) groups is 1. The van der Waals surface area contributed by atoms with Gasteiger partial charge in [-0.2, -0.15) is 0 Å². The summed E-state index contributed by atoms with van der Waals surface area (Å²) < 4.78 is 13.2. The van der Waals surface area contributed by atoms with Gasteiger partial charge in [0.15, 0.2) is 5.82 Å². The van der Waals surface area contributed by atoms with Crippen LogP contribution in [0, 0.1) is 12.7 Å². The number of hydrogen-bond acceptors (Lipinski definition) is 4. The van der Waals surface area contributed by atoms with Crippen molar-refractivity contribution in [1.82, 2.24) is 15.2 Å². The van der Waals surface area contributed by atoms with Crippen molar-refractivity contribution in [3.8, 4) is 11.4 Å². The van der Waals surface area contributed by atoms with E-state index in [9.17, 15) is 9.18 Å². The highest BCUT2D eigenvalue weighted by molar-refractivity contribution is 8.00. The Hall–Kier alpha value is -2.67. The number of anilines is 1. The monoisotopic (exact) mass is 356 g/mol. The van der Waals surface area contributed by atoms with Crippen LogP contribution in [0.15, 0.2) is 53.7 Å². The van der Waals surface area contributed by atoms with Gasteiger partial charge in [0, 0.05) is 11.3 Å². The van der Waals surface area contributed by atoms with Crippen molar-refractivity contribution in [1.29, 1.82) is 0 Å². The summed E-state index contributed by atoms with van der Waals surface area (Å²) >= 11 is 1.23. The molecule has 3 aromatic rings. The molecule has 0 fully saturated rings. The van der Waals surface area contributed by atoms with Crippen molar-refractivity contribution in [2.45, 2.75) is 24.3 Å². The summed E-state index contributed by atoms with van der Waals surface area (Å²) in [5, 5.41) is 9.76. The van der Waals surface area contributed by atoms with Gasteiger partial charge >= 0.3 is 0 Å². The molecular formula is C18H17FN4OS. The molecule has 0 bridgehead atoms. The van der Waals surface area contributed by atoms with Crippen molar-refractivity contribution in [3.63, 3.8) is 0 Å². The molecule has 0 unspecified atom stereocenters. The summed E-state index contributed by atoms with van der Waals surface area (Å²) in [6.45, 7) is 3.77. The van der Waals surface area contributed by atoms with Crippen LogP contribution in [0.1, 0.15) is 12.5 Å². The SMILES string of the molecule is Cc1ccc(-c2nc(S[C@H](C)C(=O)Nc3cccc(F)c3)n[nH]2)cc1. The number of H-pyrrole nitrogens is 1. The lowest BCUT2D eigenvalue weighted by Gasteiger charge is -2.10. The van der Waals surface area contributed by atoms with E-state index in [2.05, 4.69) is 20.5 Å². The standard InChI is InChI=1S/C18H17FN4OS/c1-11-6-8-13(9-7-11)16-21-18(23-22-16)25-12(2)17(24)20-15-5-3-4-14(19)10-15/h3-10,12H,1-2H3,(H,20,24)(H,21,22,23)/t12-/m1/s1. The lowest BCUT2D eigenvalue weighted by molar-refractivity contribution is -0.115. The summed E-state index contributed by atoms with van der Waals surface area (Å²) in [6, 6.07) is 13.7. The van der Waals surface area contributed by atoms with Gasteiger partial charge in [-0.25, -0.2) is 9.37 Å². The predicted molar refractivity (Wildman–Crippen MR) is 96.9 cm³/mol. The number of halogens is 1. The van der Waals surface area contributed by atoms with E-state index in [1.807, 2.05) is 31.2 Å². The number of aryl methyl sites for hydroxylation is 1. The number of aromatic nitrogens is 3. The number of aromatic amines is 1. The van der Waals surface area contributed by atoms with E-state index < -0.39 is 11.1 Å². The van der Waals surface area contributed by atoms with E-state index in [4.69, 9.17) is 0 Å². The molecule has 0 radical (unpaired) electrons. The van der Waals surface area contributed by atoms with Crippen LogP contribution in [0.3, 0.4) is 0 Å². The molecule has 2 aromatic carbocycles. The van der Waals surface area contributed by atoms with Gasteiger partial charge in [-0.15, -0.1) is 5.10 Å². The predicted octanol–water partition coefficient (Wildman–Crippen LogP) is 4.04. The minimum Gasteiger partial charge on any atom is -0.325 e. The lowest BCUT2D eigenvalue weighted by atomic mass is 10.1. The van der Waals surface area contributed by atoms with Crippen LogP contribution >= 0.6 is 11.8 Å². The molecule has 5 nitrogen and oxygen atoms in total. The molecule has 0 aliphatic carbocycles. The molecule has 7 heteroatoms. The Balaban J connectivity index is 1.63. The third kappa shape index (κ3) is 4.45. The number of nitrogens with one attached hydrogen (secondary N) is 2. The number of amides is 1. The third-order valence-corrected chi connectivity index (χ3v) is 4.49. The number of thioether (sulfide) groups is 1. The Morgan fingerprint density at radius 1 is 1.24 bits per heavy atom. The van der Waals surface area contributed by atoms with E-state index in [1.165, 1.54) is 29.5 Å². The van der Waals surface area contributed by atoms with Gasteiger partial charge in [-0.1, -0.05) is 47.7 Å². The fourth-order valence-electron chi connectivity index (χ4n) is 2.16. The molecular weight excluding hydrogens is 339 g/mol. The van der Waals surface area contributed by atoms with E-state index in [1.54, 1.807) is 19.1 Å². The summed E-state index contributed by atoms with van der Waals surface area (Å²) in [7, 11) is 0. The van der Waals surface area contributed by atoms with Crippen molar-refractivity contribution in [3.05, 3.63) is 59.9 Å². The molecule has 128 valence electrons. The molecule has 3 rings (SSSR count). The number of hydrogen-bond donors (Lipinski definition) is 2. The quantitative estimate of drug-likeness (QED) is 0.677. The van der Waals surface area contributed by atoms with E-state index in [-0.39, 0.29) is 5.91 Å². The van der Waals surface area contributed by atoms with Gasteiger partial charge < -0.3 is 5.32 Å². The number of carbonyl (C=O) groups excluding carboxylic acids is 1. The van der Waals surface area contributed by atoms with Crippen molar-refractivity contribution < 1.29 is 9.18 Å². The first-order chi connectivity index (χ1) is 12.0. The van der Waals surface area contributed by atoms with Crippen LogP contribution in [-0.2, 0) is 4.79 Å². The van der Waals surface area contributed by atoms with Gasteiger partial charge in [0.1, 0.15) is 5.82 Å². The van der Waals surface area contributed by atoms with Gasteiger partial charge in [-0.3, -0.25) is 9.89 Å². The first-order valence-electron chi connectivity index (χ1n) is 7.74. The molecule has 0 aliphatic heterocycles. The summed E-state index contributed by atoms with van der Waals surface area (Å²) in [4.78, 5) is 16.6. The Labute approximate surface area is 149 Å². The van der Waals surface area contributed by atoms with Gasteiger partial charge in [-0.05, 0) is 32.0 Å². The molecule has 2 N–H and O–H groups in total. The molecule has 1 atom stereocenters. The fourth-order valence-corrected chi connectivity index (χ4v) is 2.89. The van der Waals surface area contributed by atoms with Gasteiger partial charge in [0.05, 0.1) is 5.25 Å². The molecule has 0 saturated carbocycles. The first-order valence-corrected chi connectivity index (χ1v) is 8.62. The average Bonchev–Trinajstić information content (AvgIpc) is 3.04. The Morgan fingerprint density at radius 2 is 2.00 bits per heavy atom. The highest BCUT2D eigenvalue weighted by Gasteiger charge is 2.17. The number of benzene rings is 2. The number of nitrogens with zero attached hydrogens (tertiary/aromatic N) is 2. The van der Waals surface area contributed by atoms with Crippen molar-refractivity contribution in [2.24, 2.45) is 0 Å². The van der Waals surface area contributed by atoms with Crippen LogP contribution in [0.25, 0.3) is 11.4 Å². The van der Waals surface area contributed by atoms with Crippen LogP contribution in [0.2, 0.25) is 0 Å². The maximum absolute atomic E-state index is 13.2. The van der Waals surface area contributed by atoms with Crippen LogP contribution in [0.4, 0.5) is 10.1 Å². The van der Waals surface area contributed by atoms with Crippen molar-refractivity contribution in [2.75, 3.05) is 5.32 Å². The zero-order chi connectivity index (χ0) is 17.8. The molecule has 25 heavy (non-hydrogen) atoms. The molecule has 0 aliphatic rings. The largest absolute Gasteiger partial charge is 0.325 e. The molecule has 1 amide bonds. The van der Waals surface area contributed by atoms with Crippen LogP contribution in [-0.4, -0.2) is 26.3 Å². The fraction of sp³-hybridized carbons (Fsp3) is 0.167. The summed E-state index contributed by atoms with van der Waals surface area (Å²) in [5.74, 6) is 0.0207. The Kier molecular flexibility index (Phi) is 5.14. The van der Waals surface area contributed by atoms with E-state index >= 15 is 0 Å². The van der Waals surface area contributed by atoms with Crippen molar-refractivity contribution >= 4 is 23.4 Å².